The van der Waals surface area contributed by atoms with Gasteiger partial charge in [0.1, 0.15) is 5.75 Å². The third-order valence-corrected chi connectivity index (χ3v) is 3.22. The van der Waals surface area contributed by atoms with Gasteiger partial charge in [-0.25, -0.2) is 4.79 Å². The molecule has 0 saturated carbocycles. The van der Waals surface area contributed by atoms with Crippen LogP contribution in [-0.2, 0) is 0 Å². The standard InChI is InChI=1S/C17H13NO4/c1-21-13-7-4-6-12(10-13)18-16(19)15-9-11-5-2-3-8-14(11)17(20)22-15/h2-10H,1H3,(H,18,19). The molecule has 3 aromatic rings. The number of hydrogen-bond donors (Lipinski definition) is 1. The van der Waals surface area contributed by atoms with E-state index in [-0.39, 0.29) is 5.76 Å². The minimum atomic E-state index is -0.533. The molecular weight excluding hydrogens is 282 g/mol. The fourth-order valence-corrected chi connectivity index (χ4v) is 2.14. The number of fused-ring (bicyclic) bond motifs is 1. The molecule has 1 aromatic heterocycles. The maximum absolute atomic E-state index is 12.2. The van der Waals surface area contributed by atoms with Gasteiger partial charge in [-0.2, -0.15) is 0 Å². The van der Waals surface area contributed by atoms with Gasteiger partial charge in [0.05, 0.1) is 12.5 Å². The zero-order valence-electron chi connectivity index (χ0n) is 11.8. The number of rotatable bonds is 3. The number of carbonyl (C=O) groups excluding carboxylic acids is 1. The summed E-state index contributed by atoms with van der Waals surface area (Å²) in [5.41, 5.74) is 0.0223. The first kappa shape index (κ1) is 13.9. The lowest BCUT2D eigenvalue weighted by Gasteiger charge is -2.06. The molecule has 3 rings (SSSR count). The van der Waals surface area contributed by atoms with Crippen molar-refractivity contribution >= 4 is 22.4 Å². The van der Waals surface area contributed by atoms with E-state index in [4.69, 9.17) is 9.15 Å². The summed E-state index contributed by atoms with van der Waals surface area (Å²) in [7, 11) is 1.54. The lowest BCUT2D eigenvalue weighted by atomic mass is 10.1. The molecule has 110 valence electrons. The van der Waals surface area contributed by atoms with Crippen LogP contribution in [0.25, 0.3) is 10.8 Å². The molecule has 5 nitrogen and oxygen atoms in total. The summed E-state index contributed by atoms with van der Waals surface area (Å²) in [6, 6.07) is 15.4. The molecule has 0 radical (unpaired) electrons. The summed E-state index contributed by atoms with van der Waals surface area (Å²) in [5, 5.41) is 3.78. The first-order valence-corrected chi connectivity index (χ1v) is 6.65. The van der Waals surface area contributed by atoms with Crippen LogP contribution in [0.4, 0.5) is 5.69 Å². The zero-order valence-corrected chi connectivity index (χ0v) is 11.8. The lowest BCUT2D eigenvalue weighted by Crippen LogP contribution is -2.14. The van der Waals surface area contributed by atoms with Gasteiger partial charge in [-0.3, -0.25) is 4.79 Å². The summed E-state index contributed by atoms with van der Waals surface area (Å²) < 4.78 is 10.2. The Balaban J connectivity index is 1.93. The zero-order chi connectivity index (χ0) is 15.5. The van der Waals surface area contributed by atoms with Crippen LogP contribution in [0.2, 0.25) is 0 Å². The summed E-state index contributed by atoms with van der Waals surface area (Å²) >= 11 is 0. The molecule has 5 heteroatoms. The van der Waals surface area contributed by atoms with Crippen LogP contribution in [0.15, 0.2) is 63.8 Å². The maximum Gasteiger partial charge on any atom is 0.344 e. The smallest absolute Gasteiger partial charge is 0.344 e. The fourth-order valence-electron chi connectivity index (χ4n) is 2.14. The van der Waals surface area contributed by atoms with Crippen molar-refractivity contribution in [3.8, 4) is 5.75 Å². The van der Waals surface area contributed by atoms with Crippen LogP contribution in [0.3, 0.4) is 0 Å². The van der Waals surface area contributed by atoms with E-state index < -0.39 is 11.5 Å². The van der Waals surface area contributed by atoms with Gasteiger partial charge in [0.15, 0.2) is 5.76 Å². The highest BCUT2D eigenvalue weighted by Gasteiger charge is 2.12. The third-order valence-electron chi connectivity index (χ3n) is 3.22. The SMILES string of the molecule is COc1cccc(NC(=O)c2cc3ccccc3c(=O)o2)c1. The van der Waals surface area contributed by atoms with E-state index in [0.29, 0.717) is 22.2 Å². The van der Waals surface area contributed by atoms with Crippen LogP contribution in [-0.4, -0.2) is 13.0 Å². The Hall–Kier alpha value is -3.08. The number of methoxy groups -OCH3 is 1. The molecule has 0 unspecified atom stereocenters. The Morgan fingerprint density at radius 3 is 2.73 bits per heavy atom. The van der Waals surface area contributed by atoms with Crippen molar-refractivity contribution in [1.29, 1.82) is 0 Å². The molecule has 0 atom stereocenters. The second-order valence-electron chi connectivity index (χ2n) is 4.67. The van der Waals surface area contributed by atoms with Crippen molar-refractivity contribution in [2.24, 2.45) is 0 Å². The molecule has 2 aromatic carbocycles. The molecule has 0 aliphatic rings. The average molecular weight is 295 g/mol. The molecule has 0 spiro atoms. The molecule has 1 N–H and O–H groups in total. The number of anilines is 1. The number of nitrogens with one attached hydrogen (secondary N) is 1. The van der Waals surface area contributed by atoms with E-state index in [1.165, 1.54) is 0 Å². The molecule has 0 fully saturated rings. The Morgan fingerprint density at radius 2 is 1.91 bits per heavy atom. The highest BCUT2D eigenvalue weighted by Crippen LogP contribution is 2.18. The highest BCUT2D eigenvalue weighted by molar-refractivity contribution is 6.04. The van der Waals surface area contributed by atoms with Crippen molar-refractivity contribution in [3.05, 3.63) is 70.8 Å². The quantitative estimate of drug-likeness (QED) is 0.806. The molecule has 1 heterocycles. The Labute approximate surface area is 126 Å². The summed E-state index contributed by atoms with van der Waals surface area (Å²) in [4.78, 5) is 24.1. The minimum Gasteiger partial charge on any atom is -0.497 e. The molecule has 1 amide bonds. The summed E-state index contributed by atoms with van der Waals surface area (Å²) in [5.74, 6) is 0.0976. The average Bonchev–Trinajstić information content (AvgIpc) is 2.55. The van der Waals surface area contributed by atoms with Crippen molar-refractivity contribution in [1.82, 2.24) is 0 Å². The topological polar surface area (TPSA) is 68.5 Å². The van der Waals surface area contributed by atoms with Crippen molar-refractivity contribution in [2.75, 3.05) is 12.4 Å². The number of amides is 1. The van der Waals surface area contributed by atoms with Gasteiger partial charge >= 0.3 is 5.63 Å². The van der Waals surface area contributed by atoms with Gasteiger partial charge in [-0.05, 0) is 29.7 Å². The van der Waals surface area contributed by atoms with E-state index in [0.717, 1.165) is 0 Å². The minimum absolute atomic E-state index is 0.0356. The maximum atomic E-state index is 12.2. The van der Waals surface area contributed by atoms with Crippen molar-refractivity contribution in [2.45, 2.75) is 0 Å². The first-order chi connectivity index (χ1) is 10.7. The molecule has 0 saturated heterocycles. The third kappa shape index (κ3) is 2.69. The Morgan fingerprint density at radius 1 is 1.09 bits per heavy atom. The Kier molecular flexibility index (Phi) is 3.62. The predicted octanol–water partition coefficient (Wildman–Crippen LogP) is 3.05. The van der Waals surface area contributed by atoms with Crippen molar-refractivity contribution < 1.29 is 13.9 Å². The first-order valence-electron chi connectivity index (χ1n) is 6.65. The van der Waals surface area contributed by atoms with Crippen LogP contribution in [0.1, 0.15) is 10.6 Å². The van der Waals surface area contributed by atoms with E-state index in [2.05, 4.69) is 5.32 Å². The normalized spacial score (nSPS) is 10.4. The van der Waals surface area contributed by atoms with Gasteiger partial charge in [0.2, 0.25) is 0 Å². The largest absolute Gasteiger partial charge is 0.497 e. The monoisotopic (exact) mass is 295 g/mol. The van der Waals surface area contributed by atoms with Gasteiger partial charge in [-0.15, -0.1) is 0 Å². The van der Waals surface area contributed by atoms with Crippen LogP contribution in [0.5, 0.6) is 5.75 Å². The molecule has 22 heavy (non-hydrogen) atoms. The number of benzene rings is 2. The number of hydrogen-bond acceptors (Lipinski definition) is 4. The second kappa shape index (κ2) is 5.73. The molecule has 0 bridgehead atoms. The summed E-state index contributed by atoms with van der Waals surface area (Å²) in [6.07, 6.45) is 0. The van der Waals surface area contributed by atoms with E-state index >= 15 is 0 Å². The van der Waals surface area contributed by atoms with E-state index in [1.54, 1.807) is 61.7 Å². The highest BCUT2D eigenvalue weighted by atomic mass is 16.5. The summed E-state index contributed by atoms with van der Waals surface area (Å²) in [6.45, 7) is 0. The predicted molar refractivity (Wildman–Crippen MR) is 83.4 cm³/mol. The van der Waals surface area contributed by atoms with Gasteiger partial charge in [0.25, 0.3) is 5.91 Å². The second-order valence-corrected chi connectivity index (χ2v) is 4.67. The van der Waals surface area contributed by atoms with Crippen molar-refractivity contribution in [3.63, 3.8) is 0 Å². The number of ether oxygens (including phenoxy) is 1. The van der Waals surface area contributed by atoms with Gasteiger partial charge in [0, 0.05) is 11.8 Å². The molecular formula is C17H13NO4. The fraction of sp³-hybridized carbons (Fsp3) is 0.0588. The van der Waals surface area contributed by atoms with Gasteiger partial charge in [-0.1, -0.05) is 24.3 Å². The van der Waals surface area contributed by atoms with Crippen LogP contribution < -0.4 is 15.7 Å². The van der Waals surface area contributed by atoms with Gasteiger partial charge < -0.3 is 14.5 Å². The Bertz CT molecular complexity index is 898. The van der Waals surface area contributed by atoms with E-state index in [9.17, 15) is 9.59 Å². The molecule has 0 aliphatic heterocycles. The molecule has 0 aliphatic carbocycles. The van der Waals surface area contributed by atoms with Crippen LogP contribution >= 0.6 is 0 Å². The van der Waals surface area contributed by atoms with E-state index in [1.807, 2.05) is 0 Å². The number of carbonyl (C=O) groups is 1. The van der Waals surface area contributed by atoms with Crippen LogP contribution in [0, 0.1) is 0 Å². The lowest BCUT2D eigenvalue weighted by molar-refractivity contribution is 0.0993.